The Labute approximate surface area is 95.1 Å². The number of halogens is 1. The van der Waals surface area contributed by atoms with Crippen molar-refractivity contribution in [3.63, 3.8) is 0 Å². The summed E-state index contributed by atoms with van der Waals surface area (Å²) in [6.07, 6.45) is 3.87. The molecule has 0 aliphatic heterocycles. The van der Waals surface area contributed by atoms with E-state index < -0.39 is 6.10 Å². The Hall–Kier alpha value is -1.20. The van der Waals surface area contributed by atoms with Crippen LogP contribution in [0.4, 0.5) is 0 Å². The number of aromatic nitrogens is 2. The average molecular weight is 269 g/mol. The maximum atomic E-state index is 9.90. The summed E-state index contributed by atoms with van der Waals surface area (Å²) in [5.41, 5.74) is 0.949. The van der Waals surface area contributed by atoms with Crippen molar-refractivity contribution in [1.29, 1.82) is 0 Å². The van der Waals surface area contributed by atoms with E-state index in [1.165, 1.54) is 6.26 Å². The molecule has 0 bridgehead atoms. The highest BCUT2D eigenvalue weighted by Crippen LogP contribution is 2.27. The smallest absolute Gasteiger partial charge is 0.172 e. The quantitative estimate of drug-likeness (QED) is 0.908. The van der Waals surface area contributed by atoms with Crippen molar-refractivity contribution in [3.8, 4) is 0 Å². The maximum absolute atomic E-state index is 9.90. The predicted molar refractivity (Wildman–Crippen MR) is 57.2 cm³/mol. The van der Waals surface area contributed by atoms with E-state index in [0.717, 1.165) is 5.56 Å². The van der Waals surface area contributed by atoms with Crippen molar-refractivity contribution in [2.24, 2.45) is 0 Å². The number of aryl methyl sites for hydroxylation is 1. The third-order valence-corrected chi connectivity index (χ3v) is 2.59. The zero-order chi connectivity index (χ0) is 10.8. The highest BCUT2D eigenvalue weighted by Gasteiger charge is 2.19. The van der Waals surface area contributed by atoms with Gasteiger partial charge < -0.3 is 9.52 Å². The molecule has 0 aliphatic carbocycles. The largest absolute Gasteiger partial charge is 0.465 e. The molecule has 1 unspecified atom stereocenters. The van der Waals surface area contributed by atoms with Gasteiger partial charge in [-0.3, -0.25) is 0 Å². The van der Waals surface area contributed by atoms with Crippen LogP contribution in [0.2, 0.25) is 0 Å². The van der Waals surface area contributed by atoms with Crippen molar-refractivity contribution in [3.05, 3.63) is 46.3 Å². The molecule has 0 amide bonds. The molecule has 0 saturated heterocycles. The Morgan fingerprint density at radius 3 is 2.60 bits per heavy atom. The van der Waals surface area contributed by atoms with Crippen LogP contribution in [-0.2, 0) is 0 Å². The Bertz CT molecular complexity index is 453. The van der Waals surface area contributed by atoms with Crippen molar-refractivity contribution in [2.75, 3.05) is 0 Å². The molecule has 15 heavy (non-hydrogen) atoms. The van der Waals surface area contributed by atoms with Crippen LogP contribution in [0.5, 0.6) is 0 Å². The fourth-order valence-corrected chi connectivity index (χ4v) is 1.58. The van der Waals surface area contributed by atoms with Gasteiger partial charge >= 0.3 is 0 Å². The summed E-state index contributed by atoms with van der Waals surface area (Å²) in [5.74, 6) is 0.745. The Kier molecular flexibility index (Phi) is 2.83. The second-order valence-electron chi connectivity index (χ2n) is 3.15. The molecule has 78 valence electrons. The van der Waals surface area contributed by atoms with Crippen LogP contribution >= 0.6 is 15.9 Å². The SMILES string of the molecule is Cc1cnc(C(O)c2occc2Br)nc1. The van der Waals surface area contributed by atoms with E-state index >= 15 is 0 Å². The molecule has 5 heteroatoms. The lowest BCUT2D eigenvalue weighted by atomic mass is 10.2. The molecule has 2 aromatic heterocycles. The maximum Gasteiger partial charge on any atom is 0.172 e. The van der Waals surface area contributed by atoms with Crippen molar-refractivity contribution < 1.29 is 9.52 Å². The van der Waals surface area contributed by atoms with Gasteiger partial charge in [-0.15, -0.1) is 0 Å². The zero-order valence-corrected chi connectivity index (χ0v) is 9.60. The molecule has 0 spiro atoms. The van der Waals surface area contributed by atoms with Gasteiger partial charge in [0.05, 0.1) is 10.7 Å². The molecule has 1 N–H and O–H groups in total. The van der Waals surface area contributed by atoms with Gasteiger partial charge in [-0.05, 0) is 34.5 Å². The fourth-order valence-electron chi connectivity index (χ4n) is 1.16. The Morgan fingerprint density at radius 1 is 1.40 bits per heavy atom. The molecule has 0 fully saturated rings. The number of hydrogen-bond acceptors (Lipinski definition) is 4. The van der Waals surface area contributed by atoms with Crippen LogP contribution in [0.1, 0.15) is 23.3 Å². The number of hydrogen-bond donors (Lipinski definition) is 1. The lowest BCUT2D eigenvalue weighted by Gasteiger charge is -2.06. The van der Waals surface area contributed by atoms with Crippen molar-refractivity contribution in [2.45, 2.75) is 13.0 Å². The first-order chi connectivity index (χ1) is 7.18. The number of furan rings is 1. The standard InChI is InChI=1S/C10H9BrN2O2/c1-6-4-12-10(13-5-6)8(14)9-7(11)2-3-15-9/h2-5,8,14H,1H3. The summed E-state index contributed by atoms with van der Waals surface area (Å²) < 4.78 is 5.84. The van der Waals surface area contributed by atoms with Gasteiger partial charge in [0, 0.05) is 12.4 Å². The van der Waals surface area contributed by atoms with Gasteiger partial charge in [-0.25, -0.2) is 9.97 Å². The third-order valence-electron chi connectivity index (χ3n) is 1.94. The monoisotopic (exact) mass is 268 g/mol. The average Bonchev–Trinajstić information content (AvgIpc) is 2.65. The van der Waals surface area contributed by atoms with Gasteiger partial charge in [-0.1, -0.05) is 0 Å². The minimum absolute atomic E-state index is 0.330. The zero-order valence-electron chi connectivity index (χ0n) is 8.01. The van der Waals surface area contributed by atoms with E-state index in [9.17, 15) is 5.11 Å². The van der Waals surface area contributed by atoms with Gasteiger partial charge in [0.2, 0.25) is 0 Å². The van der Waals surface area contributed by atoms with Crippen LogP contribution in [-0.4, -0.2) is 15.1 Å². The van der Waals surface area contributed by atoms with Crippen LogP contribution in [0.15, 0.2) is 33.6 Å². The van der Waals surface area contributed by atoms with Gasteiger partial charge in [0.25, 0.3) is 0 Å². The molecule has 0 aliphatic rings. The molecule has 4 nitrogen and oxygen atoms in total. The summed E-state index contributed by atoms with van der Waals surface area (Å²) >= 11 is 3.27. The van der Waals surface area contributed by atoms with Crippen LogP contribution < -0.4 is 0 Å². The van der Waals surface area contributed by atoms with Gasteiger partial charge in [-0.2, -0.15) is 0 Å². The molecule has 1 atom stereocenters. The first kappa shape index (κ1) is 10.3. The lowest BCUT2D eigenvalue weighted by molar-refractivity contribution is 0.179. The van der Waals surface area contributed by atoms with Crippen LogP contribution in [0.25, 0.3) is 0 Å². The highest BCUT2D eigenvalue weighted by molar-refractivity contribution is 9.10. The van der Waals surface area contributed by atoms with E-state index in [0.29, 0.717) is 16.1 Å². The first-order valence-corrected chi connectivity index (χ1v) is 5.17. The molecule has 0 saturated carbocycles. The minimum atomic E-state index is -0.935. The number of aliphatic hydroxyl groups is 1. The second-order valence-corrected chi connectivity index (χ2v) is 4.01. The van der Waals surface area contributed by atoms with E-state index in [-0.39, 0.29) is 0 Å². The summed E-state index contributed by atoms with van der Waals surface area (Å²) in [4.78, 5) is 8.07. The first-order valence-electron chi connectivity index (χ1n) is 4.38. The molecule has 0 radical (unpaired) electrons. The summed E-state index contributed by atoms with van der Waals surface area (Å²) in [5, 5.41) is 9.90. The number of nitrogens with zero attached hydrogens (tertiary/aromatic N) is 2. The fraction of sp³-hybridized carbons (Fsp3) is 0.200. The van der Waals surface area contributed by atoms with Crippen LogP contribution in [0.3, 0.4) is 0 Å². The molecular weight excluding hydrogens is 260 g/mol. The second kappa shape index (κ2) is 4.12. The predicted octanol–water partition coefficient (Wildman–Crippen LogP) is 2.22. The topological polar surface area (TPSA) is 59.2 Å². The summed E-state index contributed by atoms with van der Waals surface area (Å²) in [6.45, 7) is 1.89. The van der Waals surface area contributed by atoms with Crippen LogP contribution in [0, 0.1) is 6.92 Å². The molecular formula is C10H9BrN2O2. The van der Waals surface area contributed by atoms with Gasteiger partial charge in [0.15, 0.2) is 17.7 Å². The minimum Gasteiger partial charge on any atom is -0.465 e. The van der Waals surface area contributed by atoms with Gasteiger partial charge in [0.1, 0.15) is 0 Å². The van der Waals surface area contributed by atoms with Crippen molar-refractivity contribution in [1.82, 2.24) is 9.97 Å². The van der Waals surface area contributed by atoms with E-state index in [1.807, 2.05) is 6.92 Å². The van der Waals surface area contributed by atoms with Crippen molar-refractivity contribution >= 4 is 15.9 Å². The molecule has 2 rings (SSSR count). The summed E-state index contributed by atoms with van der Waals surface area (Å²) in [6, 6.07) is 1.72. The molecule has 2 heterocycles. The highest BCUT2D eigenvalue weighted by atomic mass is 79.9. The number of rotatable bonds is 2. The number of aliphatic hydroxyl groups excluding tert-OH is 1. The normalized spacial score (nSPS) is 12.7. The third kappa shape index (κ3) is 2.08. The Balaban J connectivity index is 2.32. The molecule has 0 aromatic carbocycles. The summed E-state index contributed by atoms with van der Waals surface area (Å²) in [7, 11) is 0. The van der Waals surface area contributed by atoms with E-state index in [1.54, 1.807) is 18.5 Å². The van der Waals surface area contributed by atoms with E-state index in [4.69, 9.17) is 4.42 Å². The Morgan fingerprint density at radius 2 is 2.07 bits per heavy atom. The van der Waals surface area contributed by atoms with E-state index in [2.05, 4.69) is 25.9 Å². The lowest BCUT2D eigenvalue weighted by Crippen LogP contribution is -2.04. The molecule has 2 aromatic rings.